The minimum absolute atomic E-state index is 0.00308. The molecule has 0 spiro atoms. The van der Waals surface area contributed by atoms with Crippen LogP contribution in [-0.2, 0) is 6.54 Å². The molecule has 2 aliphatic rings. The van der Waals surface area contributed by atoms with Crippen molar-refractivity contribution in [2.45, 2.75) is 19.4 Å². The molecule has 0 radical (unpaired) electrons. The molecule has 0 unspecified atom stereocenters. The van der Waals surface area contributed by atoms with Crippen LogP contribution in [-0.4, -0.2) is 60.2 Å². The lowest BCUT2D eigenvalue weighted by molar-refractivity contribution is 0.194. The van der Waals surface area contributed by atoms with Crippen LogP contribution in [0.15, 0.2) is 29.9 Å². The summed E-state index contributed by atoms with van der Waals surface area (Å²) in [4.78, 5) is 27.7. The quantitative estimate of drug-likeness (QED) is 0.891. The van der Waals surface area contributed by atoms with E-state index in [2.05, 4.69) is 31.2 Å². The van der Waals surface area contributed by atoms with Gasteiger partial charge < -0.3 is 20.0 Å². The molecule has 2 fully saturated rings. The Bertz CT molecular complexity index is 723. The zero-order valence-corrected chi connectivity index (χ0v) is 15.6. The number of nitrogens with zero attached hydrogens (tertiary/aromatic N) is 5. The highest BCUT2D eigenvalue weighted by molar-refractivity contribution is 7.13. The molecule has 0 aromatic carbocycles. The lowest BCUT2D eigenvalue weighted by atomic mass is 10.2. The third-order valence-electron chi connectivity index (χ3n) is 4.94. The number of urea groups is 1. The number of anilines is 2. The Morgan fingerprint density at radius 3 is 2.58 bits per heavy atom. The van der Waals surface area contributed by atoms with Gasteiger partial charge >= 0.3 is 6.03 Å². The summed E-state index contributed by atoms with van der Waals surface area (Å²) in [6.07, 6.45) is 6.12. The Labute approximate surface area is 157 Å². The van der Waals surface area contributed by atoms with E-state index in [1.165, 1.54) is 12.8 Å². The summed E-state index contributed by atoms with van der Waals surface area (Å²) in [7, 11) is 0. The lowest BCUT2D eigenvalue weighted by Gasteiger charge is -2.34. The Hall–Kier alpha value is -2.35. The fourth-order valence-electron chi connectivity index (χ4n) is 3.45. The summed E-state index contributed by atoms with van der Waals surface area (Å²) >= 11 is 1.64. The van der Waals surface area contributed by atoms with Gasteiger partial charge in [0.25, 0.3) is 0 Å². The van der Waals surface area contributed by atoms with Gasteiger partial charge in [-0.05, 0) is 30.5 Å². The molecule has 0 aliphatic carbocycles. The first kappa shape index (κ1) is 17.1. The number of nitrogens with one attached hydrogen (secondary N) is 1. The van der Waals surface area contributed by atoms with Crippen LogP contribution in [0.1, 0.15) is 18.4 Å². The first-order valence-electron chi connectivity index (χ1n) is 9.17. The number of rotatable bonds is 4. The summed E-state index contributed by atoms with van der Waals surface area (Å²) < 4.78 is 0. The second-order valence-corrected chi connectivity index (χ2v) is 7.54. The van der Waals surface area contributed by atoms with E-state index in [9.17, 15) is 4.79 Å². The van der Waals surface area contributed by atoms with Gasteiger partial charge in [-0.1, -0.05) is 0 Å². The van der Waals surface area contributed by atoms with Crippen molar-refractivity contribution in [3.05, 3.63) is 35.5 Å². The summed E-state index contributed by atoms with van der Waals surface area (Å²) in [6.45, 7) is 5.79. The van der Waals surface area contributed by atoms with E-state index in [-0.39, 0.29) is 6.03 Å². The first-order chi connectivity index (χ1) is 12.8. The number of carbonyl (C=O) groups excluding carboxylic acids is 1. The number of piperazine rings is 1. The molecule has 26 heavy (non-hydrogen) atoms. The predicted octanol–water partition coefficient (Wildman–Crippen LogP) is 2.17. The summed E-state index contributed by atoms with van der Waals surface area (Å²) in [5.41, 5.74) is 1.09. The van der Waals surface area contributed by atoms with Crippen LogP contribution in [0.2, 0.25) is 0 Å². The van der Waals surface area contributed by atoms with Gasteiger partial charge in [0.2, 0.25) is 0 Å². The van der Waals surface area contributed by atoms with E-state index in [1.54, 1.807) is 11.3 Å². The zero-order chi connectivity index (χ0) is 17.8. The van der Waals surface area contributed by atoms with Crippen molar-refractivity contribution >= 4 is 28.3 Å². The highest BCUT2D eigenvalue weighted by Crippen LogP contribution is 2.20. The topological polar surface area (TPSA) is 64.6 Å². The minimum atomic E-state index is 0.00308. The Morgan fingerprint density at radius 2 is 1.85 bits per heavy atom. The maximum atomic E-state index is 12.5. The molecule has 2 aliphatic heterocycles. The second kappa shape index (κ2) is 7.90. The maximum absolute atomic E-state index is 12.5. The highest BCUT2D eigenvalue weighted by atomic mass is 32.1. The van der Waals surface area contributed by atoms with E-state index in [0.29, 0.717) is 6.54 Å². The van der Waals surface area contributed by atoms with Gasteiger partial charge in [0.05, 0.1) is 0 Å². The van der Waals surface area contributed by atoms with Crippen molar-refractivity contribution < 1.29 is 4.79 Å². The summed E-state index contributed by atoms with van der Waals surface area (Å²) in [5, 5.41) is 6.07. The minimum Gasteiger partial charge on any atom is -0.357 e. The van der Waals surface area contributed by atoms with Gasteiger partial charge in [0.1, 0.15) is 5.82 Å². The highest BCUT2D eigenvalue weighted by Gasteiger charge is 2.22. The Kier molecular flexibility index (Phi) is 5.19. The Balaban J connectivity index is 1.27. The van der Waals surface area contributed by atoms with Gasteiger partial charge in [0.15, 0.2) is 5.13 Å². The summed E-state index contributed by atoms with van der Waals surface area (Å²) in [5.74, 6) is 1.02. The van der Waals surface area contributed by atoms with Crippen LogP contribution < -0.4 is 15.1 Å². The van der Waals surface area contributed by atoms with Crippen LogP contribution >= 0.6 is 11.3 Å². The van der Waals surface area contributed by atoms with Crippen LogP contribution in [0.25, 0.3) is 0 Å². The van der Waals surface area contributed by atoms with Crippen molar-refractivity contribution in [1.29, 1.82) is 0 Å². The number of aromatic nitrogens is 2. The molecule has 2 amide bonds. The van der Waals surface area contributed by atoms with Crippen molar-refractivity contribution in [1.82, 2.24) is 20.2 Å². The van der Waals surface area contributed by atoms with Crippen LogP contribution in [0.5, 0.6) is 0 Å². The molecule has 0 atom stereocenters. The van der Waals surface area contributed by atoms with E-state index >= 15 is 0 Å². The van der Waals surface area contributed by atoms with Gasteiger partial charge in [-0.2, -0.15) is 0 Å². The molecular formula is C18H24N6OS. The molecular weight excluding hydrogens is 348 g/mol. The normalized spacial score (nSPS) is 17.6. The van der Waals surface area contributed by atoms with Gasteiger partial charge in [0, 0.05) is 63.6 Å². The van der Waals surface area contributed by atoms with E-state index in [0.717, 1.165) is 55.8 Å². The van der Waals surface area contributed by atoms with Crippen molar-refractivity contribution in [3.8, 4) is 0 Å². The summed E-state index contributed by atoms with van der Waals surface area (Å²) in [6, 6.07) is 4.06. The molecule has 1 N–H and O–H groups in total. The van der Waals surface area contributed by atoms with E-state index < -0.39 is 0 Å². The first-order valence-corrected chi connectivity index (χ1v) is 10.0. The Morgan fingerprint density at radius 1 is 1.04 bits per heavy atom. The zero-order valence-electron chi connectivity index (χ0n) is 14.8. The standard InChI is InChI=1S/C18H24N6OS/c25-17(23-8-10-24(11-9-23)18-20-5-12-26-18)21-14-15-3-4-19-16(13-15)22-6-1-2-7-22/h3-5,12-13H,1-2,6-11,14H2,(H,21,25). The molecule has 7 nitrogen and oxygen atoms in total. The lowest BCUT2D eigenvalue weighted by Crippen LogP contribution is -2.51. The van der Waals surface area contributed by atoms with Crippen LogP contribution in [0.3, 0.4) is 0 Å². The molecule has 0 saturated carbocycles. The number of amides is 2. The average Bonchev–Trinajstić information content (AvgIpc) is 3.40. The smallest absolute Gasteiger partial charge is 0.317 e. The van der Waals surface area contributed by atoms with Gasteiger partial charge in [-0.3, -0.25) is 0 Å². The SMILES string of the molecule is O=C(NCc1ccnc(N2CCCC2)c1)N1CCN(c2nccs2)CC1. The predicted molar refractivity (Wildman–Crippen MR) is 104 cm³/mol. The number of pyridine rings is 1. The maximum Gasteiger partial charge on any atom is 0.317 e. The van der Waals surface area contributed by atoms with Crippen molar-refractivity contribution in [3.63, 3.8) is 0 Å². The van der Waals surface area contributed by atoms with Gasteiger partial charge in [-0.25, -0.2) is 14.8 Å². The molecule has 8 heteroatoms. The van der Waals surface area contributed by atoms with Crippen LogP contribution in [0, 0.1) is 0 Å². The molecule has 4 rings (SSSR count). The molecule has 4 heterocycles. The number of thiazole rings is 1. The molecule has 0 bridgehead atoms. The number of hydrogen-bond donors (Lipinski definition) is 1. The molecule has 2 aromatic heterocycles. The third-order valence-corrected chi connectivity index (χ3v) is 5.77. The molecule has 2 saturated heterocycles. The molecule has 2 aromatic rings. The fraction of sp³-hybridized carbons (Fsp3) is 0.500. The second-order valence-electron chi connectivity index (χ2n) is 6.66. The van der Waals surface area contributed by atoms with Gasteiger partial charge in [-0.15, -0.1) is 11.3 Å². The van der Waals surface area contributed by atoms with Crippen molar-refractivity contribution in [2.75, 3.05) is 49.1 Å². The fourth-order valence-corrected chi connectivity index (χ4v) is 4.15. The number of hydrogen-bond acceptors (Lipinski definition) is 6. The van der Waals surface area contributed by atoms with E-state index in [4.69, 9.17) is 0 Å². The van der Waals surface area contributed by atoms with Crippen LogP contribution in [0.4, 0.5) is 15.7 Å². The number of carbonyl (C=O) groups is 1. The van der Waals surface area contributed by atoms with E-state index in [1.807, 2.05) is 28.7 Å². The monoisotopic (exact) mass is 372 g/mol. The van der Waals surface area contributed by atoms with Crippen molar-refractivity contribution in [2.24, 2.45) is 0 Å². The third kappa shape index (κ3) is 3.90. The molecule has 138 valence electrons. The largest absolute Gasteiger partial charge is 0.357 e. The average molecular weight is 372 g/mol.